The summed E-state index contributed by atoms with van der Waals surface area (Å²) >= 11 is 3.15. The smallest absolute Gasteiger partial charge is 0.170 e. The van der Waals surface area contributed by atoms with Crippen molar-refractivity contribution in [3.63, 3.8) is 0 Å². The van der Waals surface area contributed by atoms with Crippen LogP contribution in [0.5, 0.6) is 0 Å². The molecule has 2 rings (SSSR count). The maximum Gasteiger partial charge on any atom is 0.170 e. The van der Waals surface area contributed by atoms with Gasteiger partial charge in [-0.25, -0.2) is 4.98 Å². The van der Waals surface area contributed by atoms with Crippen molar-refractivity contribution < 1.29 is 5.11 Å². The Morgan fingerprint density at radius 2 is 2.28 bits per heavy atom. The predicted molar refractivity (Wildman–Crippen MR) is 76.2 cm³/mol. The van der Waals surface area contributed by atoms with Gasteiger partial charge in [-0.2, -0.15) is 4.37 Å². The van der Waals surface area contributed by atoms with Crippen LogP contribution in [-0.4, -0.2) is 38.4 Å². The molecule has 0 spiro atoms. The summed E-state index contributed by atoms with van der Waals surface area (Å²) < 4.78 is 5.19. The van der Waals surface area contributed by atoms with E-state index in [2.05, 4.69) is 28.5 Å². The van der Waals surface area contributed by atoms with Crippen LogP contribution in [0.25, 0.3) is 0 Å². The summed E-state index contributed by atoms with van der Waals surface area (Å²) in [4.78, 5) is 4.37. The van der Waals surface area contributed by atoms with Gasteiger partial charge in [0.1, 0.15) is 5.82 Å². The van der Waals surface area contributed by atoms with Gasteiger partial charge in [-0.3, -0.25) is 0 Å². The van der Waals surface area contributed by atoms with Crippen molar-refractivity contribution in [2.24, 2.45) is 5.92 Å². The number of thioether (sulfide) groups is 1. The van der Waals surface area contributed by atoms with E-state index in [1.165, 1.54) is 24.4 Å². The van der Waals surface area contributed by atoms with Crippen molar-refractivity contribution in [1.29, 1.82) is 0 Å². The fourth-order valence-corrected chi connectivity index (χ4v) is 4.15. The molecule has 0 saturated heterocycles. The molecule has 0 amide bonds. The molecule has 1 heterocycles. The Labute approximate surface area is 117 Å². The Morgan fingerprint density at radius 1 is 1.56 bits per heavy atom. The molecule has 0 radical (unpaired) electrons. The fourth-order valence-electron chi connectivity index (χ4n) is 2.24. The van der Waals surface area contributed by atoms with E-state index in [-0.39, 0.29) is 12.1 Å². The lowest BCUT2D eigenvalue weighted by molar-refractivity contribution is 0.150. The van der Waals surface area contributed by atoms with E-state index >= 15 is 0 Å². The molecule has 1 aliphatic rings. The summed E-state index contributed by atoms with van der Waals surface area (Å²) in [7, 11) is 0. The predicted octanol–water partition coefficient (Wildman–Crippen LogP) is 2.08. The van der Waals surface area contributed by atoms with Crippen molar-refractivity contribution in [2.75, 3.05) is 12.4 Å². The third-order valence-electron chi connectivity index (χ3n) is 3.18. The van der Waals surface area contributed by atoms with E-state index in [0.717, 1.165) is 15.9 Å². The molecule has 1 fully saturated rings. The van der Waals surface area contributed by atoms with Crippen LogP contribution in [0.4, 0.5) is 0 Å². The summed E-state index contributed by atoms with van der Waals surface area (Å²) in [5.41, 5.74) is -0.154. The highest BCUT2D eigenvalue weighted by molar-refractivity contribution is 8.01. The molecule has 6 heteroatoms. The van der Waals surface area contributed by atoms with Crippen LogP contribution in [0.1, 0.15) is 32.5 Å². The van der Waals surface area contributed by atoms with Crippen LogP contribution < -0.4 is 5.32 Å². The van der Waals surface area contributed by atoms with Gasteiger partial charge in [0.05, 0.1) is 12.1 Å². The van der Waals surface area contributed by atoms with Crippen LogP contribution >= 0.6 is 23.3 Å². The van der Waals surface area contributed by atoms with Crippen molar-refractivity contribution in [3.05, 3.63) is 5.82 Å². The lowest BCUT2D eigenvalue weighted by Gasteiger charge is -2.35. The molecule has 1 aromatic rings. The molecule has 0 bridgehead atoms. The third kappa shape index (κ3) is 3.44. The summed E-state index contributed by atoms with van der Waals surface area (Å²) in [6, 6.07) is 0.384. The second kappa shape index (κ2) is 5.86. The minimum Gasteiger partial charge on any atom is -0.394 e. The van der Waals surface area contributed by atoms with Crippen LogP contribution in [0.3, 0.4) is 0 Å². The molecule has 1 aromatic heterocycles. The van der Waals surface area contributed by atoms with Gasteiger partial charge in [0.15, 0.2) is 4.34 Å². The first-order valence-corrected chi connectivity index (χ1v) is 8.13. The molecule has 1 aliphatic carbocycles. The highest BCUT2D eigenvalue weighted by Gasteiger charge is 2.45. The van der Waals surface area contributed by atoms with E-state index in [1.54, 1.807) is 11.8 Å². The lowest BCUT2D eigenvalue weighted by Crippen LogP contribution is -2.55. The molecular formula is C12H21N3OS2. The number of nitrogens with zero attached hydrogens (tertiary/aromatic N) is 2. The Balaban J connectivity index is 2.00. The molecule has 2 N–H and O–H groups in total. The van der Waals surface area contributed by atoms with Crippen molar-refractivity contribution in [2.45, 2.75) is 49.5 Å². The fraction of sp³-hybridized carbons (Fsp3) is 0.833. The van der Waals surface area contributed by atoms with Crippen molar-refractivity contribution >= 4 is 23.3 Å². The Hall–Kier alpha value is -0.170. The first kappa shape index (κ1) is 14.2. The van der Waals surface area contributed by atoms with Crippen LogP contribution in [0, 0.1) is 12.8 Å². The van der Waals surface area contributed by atoms with Gasteiger partial charge in [-0.1, -0.05) is 25.6 Å². The second-order valence-corrected chi connectivity index (χ2v) is 7.26. The van der Waals surface area contributed by atoms with E-state index < -0.39 is 0 Å². The van der Waals surface area contributed by atoms with Gasteiger partial charge in [-0.15, -0.1) is 0 Å². The summed E-state index contributed by atoms with van der Waals surface area (Å²) in [6.07, 6.45) is 2.44. The summed E-state index contributed by atoms with van der Waals surface area (Å²) in [5.74, 6) is 2.30. The molecule has 1 atom stereocenters. The zero-order valence-electron chi connectivity index (χ0n) is 11.1. The maximum atomic E-state index is 9.81. The monoisotopic (exact) mass is 287 g/mol. The number of nitrogens with one attached hydrogen (secondary N) is 1. The van der Waals surface area contributed by atoms with E-state index in [9.17, 15) is 5.11 Å². The molecular weight excluding hydrogens is 266 g/mol. The standard InChI is InChI=1S/C12H21N3OS2/c1-8(2)14-12(6-16,10-4-5-10)7-17-11-13-9(3)15-18-11/h8,10,14,16H,4-7H2,1-3H3. The maximum absolute atomic E-state index is 9.81. The Morgan fingerprint density at radius 3 is 2.72 bits per heavy atom. The van der Waals surface area contributed by atoms with Gasteiger partial charge in [0.25, 0.3) is 0 Å². The molecule has 1 unspecified atom stereocenters. The number of aromatic nitrogens is 2. The van der Waals surface area contributed by atoms with Gasteiger partial charge in [0, 0.05) is 11.8 Å². The quantitative estimate of drug-likeness (QED) is 0.752. The highest BCUT2D eigenvalue weighted by atomic mass is 32.2. The average molecular weight is 287 g/mol. The largest absolute Gasteiger partial charge is 0.394 e. The zero-order chi connectivity index (χ0) is 13.2. The number of rotatable bonds is 7. The van der Waals surface area contributed by atoms with Crippen LogP contribution in [0.15, 0.2) is 4.34 Å². The summed E-state index contributed by atoms with van der Waals surface area (Å²) in [6.45, 7) is 6.37. The number of aryl methyl sites for hydroxylation is 1. The third-order valence-corrected chi connectivity index (χ3v) is 5.36. The first-order valence-electron chi connectivity index (χ1n) is 6.37. The topological polar surface area (TPSA) is 58.0 Å². The number of aliphatic hydroxyl groups is 1. The first-order chi connectivity index (χ1) is 8.55. The average Bonchev–Trinajstić information content (AvgIpc) is 3.09. The van der Waals surface area contributed by atoms with Gasteiger partial charge in [-0.05, 0) is 37.2 Å². The lowest BCUT2D eigenvalue weighted by atomic mass is 9.95. The second-order valence-electron chi connectivity index (χ2n) is 5.28. The zero-order valence-corrected chi connectivity index (χ0v) is 12.8. The molecule has 1 saturated carbocycles. The number of hydrogen-bond donors (Lipinski definition) is 2. The van der Waals surface area contributed by atoms with Crippen LogP contribution in [-0.2, 0) is 0 Å². The Bertz CT molecular complexity index is 392. The van der Waals surface area contributed by atoms with Gasteiger partial charge >= 0.3 is 0 Å². The molecule has 18 heavy (non-hydrogen) atoms. The number of aliphatic hydroxyl groups excluding tert-OH is 1. The molecule has 102 valence electrons. The molecule has 0 aliphatic heterocycles. The minimum atomic E-state index is -0.154. The Kier molecular flexibility index (Phi) is 4.64. The van der Waals surface area contributed by atoms with Crippen LogP contribution in [0.2, 0.25) is 0 Å². The van der Waals surface area contributed by atoms with Gasteiger partial charge in [0.2, 0.25) is 0 Å². The van der Waals surface area contributed by atoms with E-state index in [0.29, 0.717) is 12.0 Å². The van der Waals surface area contributed by atoms with E-state index in [4.69, 9.17) is 0 Å². The normalized spacial score (nSPS) is 19.2. The van der Waals surface area contributed by atoms with Gasteiger partial charge < -0.3 is 10.4 Å². The molecule has 4 nitrogen and oxygen atoms in total. The van der Waals surface area contributed by atoms with E-state index in [1.807, 2.05) is 6.92 Å². The molecule has 0 aromatic carbocycles. The summed E-state index contributed by atoms with van der Waals surface area (Å²) in [5, 5.41) is 13.4. The number of hydrogen-bond acceptors (Lipinski definition) is 6. The minimum absolute atomic E-state index is 0.154. The highest BCUT2D eigenvalue weighted by Crippen LogP contribution is 2.42. The SMILES string of the molecule is Cc1nsc(SCC(CO)(NC(C)C)C2CC2)n1. The van der Waals surface area contributed by atoms with Crippen molar-refractivity contribution in [1.82, 2.24) is 14.7 Å². The van der Waals surface area contributed by atoms with Crippen molar-refractivity contribution in [3.8, 4) is 0 Å².